The van der Waals surface area contributed by atoms with E-state index >= 15 is 0 Å². The second kappa shape index (κ2) is 6.52. The molecule has 0 aliphatic rings. The third-order valence-electron chi connectivity index (χ3n) is 2.54. The van der Waals surface area contributed by atoms with Gasteiger partial charge in [-0.25, -0.2) is 0 Å². The third kappa shape index (κ3) is 3.95. The zero-order valence-corrected chi connectivity index (χ0v) is 10.4. The minimum Gasteiger partial charge on any atom is -0.468 e. The van der Waals surface area contributed by atoms with E-state index in [0.29, 0.717) is 0 Å². The fraction of sp³-hybridized carbons (Fsp3) is 0.286. The van der Waals surface area contributed by atoms with E-state index in [9.17, 15) is 5.11 Å². The SMILES string of the molecule is OC(CCSCc1ccco1)c1ccccc1. The lowest BCUT2D eigenvalue weighted by Crippen LogP contribution is -1.98. The maximum Gasteiger partial charge on any atom is 0.113 e. The lowest BCUT2D eigenvalue weighted by Gasteiger charge is -2.09. The normalized spacial score (nSPS) is 12.5. The van der Waals surface area contributed by atoms with Gasteiger partial charge in [-0.15, -0.1) is 0 Å². The van der Waals surface area contributed by atoms with Crippen molar-refractivity contribution in [2.75, 3.05) is 5.75 Å². The van der Waals surface area contributed by atoms with Crippen LogP contribution < -0.4 is 0 Å². The summed E-state index contributed by atoms with van der Waals surface area (Å²) in [5.74, 6) is 2.79. The molecule has 1 unspecified atom stereocenters. The van der Waals surface area contributed by atoms with Crippen LogP contribution in [0.5, 0.6) is 0 Å². The number of aliphatic hydroxyl groups is 1. The number of rotatable bonds is 6. The first-order valence-corrected chi connectivity index (χ1v) is 6.85. The van der Waals surface area contributed by atoms with Gasteiger partial charge in [-0.05, 0) is 29.9 Å². The molecule has 1 heterocycles. The van der Waals surface area contributed by atoms with Gasteiger partial charge in [0.1, 0.15) is 5.76 Å². The molecular weight excluding hydrogens is 232 g/mol. The van der Waals surface area contributed by atoms with Crippen LogP contribution in [-0.4, -0.2) is 10.9 Å². The van der Waals surface area contributed by atoms with Crippen molar-refractivity contribution in [2.24, 2.45) is 0 Å². The third-order valence-corrected chi connectivity index (χ3v) is 3.56. The second-order valence-corrected chi connectivity index (χ2v) is 4.95. The summed E-state index contributed by atoms with van der Waals surface area (Å²) in [5.41, 5.74) is 0.992. The lowest BCUT2D eigenvalue weighted by atomic mass is 10.1. The van der Waals surface area contributed by atoms with Gasteiger partial charge in [0.15, 0.2) is 0 Å². The minimum absolute atomic E-state index is 0.361. The van der Waals surface area contributed by atoms with Crippen LogP contribution in [0.15, 0.2) is 53.1 Å². The molecule has 2 aromatic rings. The summed E-state index contributed by atoms with van der Waals surface area (Å²) in [6, 6.07) is 13.7. The molecule has 17 heavy (non-hydrogen) atoms. The molecule has 0 saturated heterocycles. The predicted octanol–water partition coefficient (Wildman–Crippen LogP) is 3.64. The summed E-state index contributed by atoms with van der Waals surface area (Å²) >= 11 is 1.78. The van der Waals surface area contributed by atoms with Crippen LogP contribution in [0.4, 0.5) is 0 Å². The molecule has 0 saturated carbocycles. The average molecular weight is 248 g/mol. The van der Waals surface area contributed by atoms with E-state index in [0.717, 1.165) is 29.3 Å². The zero-order chi connectivity index (χ0) is 11.9. The molecule has 0 fully saturated rings. The second-order valence-electron chi connectivity index (χ2n) is 3.85. The monoisotopic (exact) mass is 248 g/mol. The largest absolute Gasteiger partial charge is 0.468 e. The summed E-state index contributed by atoms with van der Waals surface area (Å²) in [4.78, 5) is 0. The molecule has 0 aliphatic carbocycles. The number of thioether (sulfide) groups is 1. The zero-order valence-electron chi connectivity index (χ0n) is 9.58. The van der Waals surface area contributed by atoms with Gasteiger partial charge in [0, 0.05) is 0 Å². The molecule has 1 atom stereocenters. The van der Waals surface area contributed by atoms with Crippen LogP contribution in [0.2, 0.25) is 0 Å². The standard InChI is InChI=1S/C14H16O2S/c15-14(12-5-2-1-3-6-12)8-10-17-11-13-7-4-9-16-13/h1-7,9,14-15H,8,10-11H2. The summed E-state index contributed by atoms with van der Waals surface area (Å²) < 4.78 is 5.24. The molecular formula is C14H16O2S. The Balaban J connectivity index is 1.68. The molecule has 0 bridgehead atoms. The van der Waals surface area contributed by atoms with E-state index < -0.39 is 0 Å². The van der Waals surface area contributed by atoms with Crippen molar-refractivity contribution in [1.82, 2.24) is 0 Å². The Labute approximate surface area is 106 Å². The molecule has 0 spiro atoms. The van der Waals surface area contributed by atoms with Gasteiger partial charge >= 0.3 is 0 Å². The number of hydrogen-bond acceptors (Lipinski definition) is 3. The molecule has 0 radical (unpaired) electrons. The Kier molecular flexibility index (Phi) is 4.71. The van der Waals surface area contributed by atoms with Crippen molar-refractivity contribution in [1.29, 1.82) is 0 Å². The van der Waals surface area contributed by atoms with Crippen LogP contribution in [0.1, 0.15) is 23.8 Å². The topological polar surface area (TPSA) is 33.4 Å². The highest BCUT2D eigenvalue weighted by atomic mass is 32.2. The first kappa shape index (κ1) is 12.3. The number of aliphatic hydroxyl groups excluding tert-OH is 1. The van der Waals surface area contributed by atoms with Gasteiger partial charge in [0.25, 0.3) is 0 Å². The molecule has 2 rings (SSSR count). The van der Waals surface area contributed by atoms with Crippen LogP contribution in [0.25, 0.3) is 0 Å². The average Bonchev–Trinajstić information content (AvgIpc) is 2.88. The summed E-state index contributed by atoms with van der Waals surface area (Å²) in [7, 11) is 0. The summed E-state index contributed by atoms with van der Waals surface area (Å²) in [6.07, 6.45) is 2.10. The van der Waals surface area contributed by atoms with Gasteiger partial charge in [0.05, 0.1) is 18.1 Å². The van der Waals surface area contributed by atoms with Crippen LogP contribution in [0.3, 0.4) is 0 Å². The van der Waals surface area contributed by atoms with Crippen molar-refractivity contribution < 1.29 is 9.52 Å². The Morgan fingerprint density at radius 1 is 1.12 bits per heavy atom. The molecule has 90 valence electrons. The highest BCUT2D eigenvalue weighted by Crippen LogP contribution is 2.20. The maximum atomic E-state index is 9.94. The van der Waals surface area contributed by atoms with Crippen molar-refractivity contribution in [2.45, 2.75) is 18.3 Å². The van der Waals surface area contributed by atoms with Crippen molar-refractivity contribution in [3.05, 3.63) is 60.1 Å². The number of benzene rings is 1. The van der Waals surface area contributed by atoms with Crippen molar-refractivity contribution in [3.8, 4) is 0 Å². The fourth-order valence-electron chi connectivity index (χ4n) is 1.60. The van der Waals surface area contributed by atoms with Gasteiger partial charge in [-0.1, -0.05) is 30.3 Å². The smallest absolute Gasteiger partial charge is 0.113 e. The molecule has 1 aromatic heterocycles. The van der Waals surface area contributed by atoms with E-state index in [-0.39, 0.29) is 6.10 Å². The lowest BCUT2D eigenvalue weighted by molar-refractivity contribution is 0.175. The van der Waals surface area contributed by atoms with E-state index in [1.807, 2.05) is 42.5 Å². The van der Waals surface area contributed by atoms with Gasteiger partial charge in [0.2, 0.25) is 0 Å². The quantitative estimate of drug-likeness (QED) is 0.792. The molecule has 0 aliphatic heterocycles. The summed E-state index contributed by atoms with van der Waals surface area (Å²) in [6.45, 7) is 0. The van der Waals surface area contributed by atoms with Gasteiger partial charge < -0.3 is 9.52 Å². The van der Waals surface area contributed by atoms with Crippen LogP contribution in [0, 0.1) is 0 Å². The van der Waals surface area contributed by atoms with Crippen molar-refractivity contribution in [3.63, 3.8) is 0 Å². The van der Waals surface area contributed by atoms with Crippen LogP contribution >= 0.6 is 11.8 Å². The Hall–Kier alpha value is -1.19. The first-order chi connectivity index (χ1) is 8.36. The van der Waals surface area contributed by atoms with Gasteiger partial charge in [-0.3, -0.25) is 0 Å². The molecule has 0 amide bonds. The molecule has 1 aromatic carbocycles. The van der Waals surface area contributed by atoms with Crippen LogP contribution in [-0.2, 0) is 5.75 Å². The highest BCUT2D eigenvalue weighted by molar-refractivity contribution is 7.98. The van der Waals surface area contributed by atoms with E-state index in [1.54, 1.807) is 18.0 Å². The Morgan fingerprint density at radius 2 is 1.94 bits per heavy atom. The highest BCUT2D eigenvalue weighted by Gasteiger charge is 2.06. The van der Waals surface area contributed by atoms with Gasteiger partial charge in [-0.2, -0.15) is 11.8 Å². The fourth-order valence-corrected chi connectivity index (χ4v) is 2.50. The first-order valence-electron chi connectivity index (χ1n) is 5.69. The molecule has 3 heteroatoms. The number of furan rings is 1. The molecule has 2 nitrogen and oxygen atoms in total. The minimum atomic E-state index is -0.361. The number of hydrogen-bond donors (Lipinski definition) is 1. The van der Waals surface area contributed by atoms with E-state index in [2.05, 4.69) is 0 Å². The van der Waals surface area contributed by atoms with E-state index in [1.165, 1.54) is 0 Å². The Morgan fingerprint density at radius 3 is 2.65 bits per heavy atom. The van der Waals surface area contributed by atoms with E-state index in [4.69, 9.17) is 4.42 Å². The molecule has 1 N–H and O–H groups in total. The predicted molar refractivity (Wildman–Crippen MR) is 70.9 cm³/mol. The maximum absolute atomic E-state index is 9.94. The van der Waals surface area contributed by atoms with Crippen molar-refractivity contribution >= 4 is 11.8 Å². The summed E-state index contributed by atoms with van der Waals surface area (Å²) in [5, 5.41) is 9.94. The Bertz CT molecular complexity index is 411.